The molecule has 0 saturated heterocycles. The van der Waals surface area contributed by atoms with Crippen molar-refractivity contribution in [2.24, 2.45) is 0 Å². The van der Waals surface area contributed by atoms with Gasteiger partial charge in [0.05, 0.1) is 16.3 Å². The van der Waals surface area contributed by atoms with Gasteiger partial charge in [-0.3, -0.25) is 9.10 Å². The van der Waals surface area contributed by atoms with Gasteiger partial charge in [-0.15, -0.1) is 0 Å². The molecule has 120 valence electrons. The molecule has 0 aliphatic carbocycles. The maximum absolute atomic E-state index is 13.3. The Bertz CT molecular complexity index is 898. The van der Waals surface area contributed by atoms with Crippen molar-refractivity contribution in [1.82, 2.24) is 0 Å². The first kappa shape index (κ1) is 15.7. The van der Waals surface area contributed by atoms with Crippen LogP contribution in [0.5, 0.6) is 0 Å². The predicted octanol–water partition coefficient (Wildman–Crippen LogP) is 2.77. The Labute approximate surface area is 135 Å². The molecule has 0 saturated carbocycles. The number of hydrogen-bond donors (Lipinski definition) is 1. The van der Waals surface area contributed by atoms with Gasteiger partial charge >= 0.3 is 0 Å². The average molecular weight is 359 g/mol. The van der Waals surface area contributed by atoms with E-state index in [9.17, 15) is 22.0 Å². The van der Waals surface area contributed by atoms with Crippen LogP contribution in [0.3, 0.4) is 0 Å². The van der Waals surface area contributed by atoms with Crippen molar-refractivity contribution in [2.45, 2.75) is 4.90 Å². The van der Waals surface area contributed by atoms with E-state index in [1.54, 1.807) is 0 Å². The van der Waals surface area contributed by atoms with Crippen molar-refractivity contribution in [1.29, 1.82) is 0 Å². The smallest absolute Gasteiger partial charge is 0.265 e. The quantitative estimate of drug-likeness (QED) is 0.897. The first-order chi connectivity index (χ1) is 10.8. The highest BCUT2D eigenvalue weighted by atomic mass is 35.5. The van der Waals surface area contributed by atoms with Crippen LogP contribution in [-0.2, 0) is 14.8 Å². The van der Waals surface area contributed by atoms with Crippen molar-refractivity contribution in [2.75, 3.05) is 16.2 Å². The van der Waals surface area contributed by atoms with Gasteiger partial charge in [-0.2, -0.15) is 0 Å². The van der Waals surface area contributed by atoms with Crippen LogP contribution in [-0.4, -0.2) is 20.9 Å². The van der Waals surface area contributed by atoms with E-state index in [2.05, 4.69) is 5.32 Å². The number of nitrogens with zero attached hydrogens (tertiary/aromatic N) is 1. The summed E-state index contributed by atoms with van der Waals surface area (Å²) in [5.41, 5.74) is 0.368. The molecule has 2 aromatic rings. The molecule has 0 bridgehead atoms. The number of halogens is 3. The monoisotopic (exact) mass is 358 g/mol. The van der Waals surface area contributed by atoms with Gasteiger partial charge in [0.15, 0.2) is 0 Å². The third-order valence-electron chi connectivity index (χ3n) is 3.21. The summed E-state index contributed by atoms with van der Waals surface area (Å²) in [7, 11) is -4.34. The van der Waals surface area contributed by atoms with Crippen molar-refractivity contribution in [3.63, 3.8) is 0 Å². The van der Waals surface area contributed by atoms with Gasteiger partial charge in [0, 0.05) is 11.1 Å². The summed E-state index contributed by atoms with van der Waals surface area (Å²) >= 11 is 5.87. The number of hydrogen-bond acceptors (Lipinski definition) is 3. The number of nitrogens with one attached hydrogen (secondary N) is 1. The van der Waals surface area contributed by atoms with E-state index in [0.717, 1.165) is 4.31 Å². The van der Waals surface area contributed by atoms with Crippen LogP contribution >= 0.6 is 11.6 Å². The van der Waals surface area contributed by atoms with Gasteiger partial charge in [0.2, 0.25) is 5.91 Å². The number of rotatable bonds is 2. The van der Waals surface area contributed by atoms with E-state index in [4.69, 9.17) is 11.6 Å². The van der Waals surface area contributed by atoms with Crippen LogP contribution in [0, 0.1) is 11.6 Å². The highest BCUT2D eigenvalue weighted by molar-refractivity contribution is 7.92. The molecule has 0 fully saturated rings. The van der Waals surface area contributed by atoms with Gasteiger partial charge < -0.3 is 5.32 Å². The highest BCUT2D eigenvalue weighted by Crippen LogP contribution is 2.35. The summed E-state index contributed by atoms with van der Waals surface area (Å²) in [6.45, 7) is -0.520. The molecular weight excluding hydrogens is 350 g/mol. The zero-order valence-electron chi connectivity index (χ0n) is 11.4. The second-order valence-corrected chi connectivity index (χ2v) is 7.13. The molecule has 0 spiro atoms. The summed E-state index contributed by atoms with van der Waals surface area (Å²) in [4.78, 5) is 11.1. The summed E-state index contributed by atoms with van der Waals surface area (Å²) in [5.74, 6) is -2.63. The molecule has 0 radical (unpaired) electrons. The second-order valence-electron chi connectivity index (χ2n) is 4.83. The van der Waals surface area contributed by atoms with Gasteiger partial charge in [0.1, 0.15) is 18.2 Å². The first-order valence-electron chi connectivity index (χ1n) is 6.35. The maximum atomic E-state index is 13.3. The molecule has 0 atom stereocenters. The topological polar surface area (TPSA) is 66.5 Å². The number of amides is 1. The molecule has 0 unspecified atom stereocenters. The Morgan fingerprint density at radius 2 is 1.74 bits per heavy atom. The minimum atomic E-state index is -4.34. The van der Waals surface area contributed by atoms with E-state index in [0.29, 0.717) is 18.2 Å². The van der Waals surface area contributed by atoms with Crippen molar-refractivity contribution in [3.8, 4) is 0 Å². The molecule has 1 aliphatic rings. The van der Waals surface area contributed by atoms with Crippen molar-refractivity contribution >= 4 is 38.9 Å². The second kappa shape index (κ2) is 5.47. The minimum absolute atomic E-state index is 0.127. The van der Waals surface area contributed by atoms with Crippen LogP contribution < -0.4 is 9.62 Å². The summed E-state index contributed by atoms with van der Waals surface area (Å²) in [6.07, 6.45) is 0. The van der Waals surface area contributed by atoms with Gasteiger partial charge in [-0.05, 0) is 30.3 Å². The molecular formula is C14H9ClF2N2O3S. The molecule has 1 aliphatic heterocycles. The van der Waals surface area contributed by atoms with Crippen LogP contribution in [0.4, 0.5) is 20.2 Å². The SMILES string of the molecule is O=C1CN(S(=O)(=O)c2cc(F)cc(F)c2)c2cc(Cl)ccc2N1. The van der Waals surface area contributed by atoms with E-state index in [1.165, 1.54) is 18.2 Å². The van der Waals surface area contributed by atoms with E-state index in [1.807, 2.05) is 0 Å². The van der Waals surface area contributed by atoms with Gasteiger partial charge in [-0.1, -0.05) is 11.6 Å². The molecule has 3 rings (SSSR count). The Hall–Kier alpha value is -2.19. The number of fused-ring (bicyclic) bond motifs is 1. The summed E-state index contributed by atoms with van der Waals surface area (Å²) in [6, 6.07) is 6.22. The molecule has 1 heterocycles. The summed E-state index contributed by atoms with van der Waals surface area (Å²) in [5, 5.41) is 2.77. The lowest BCUT2D eigenvalue weighted by molar-refractivity contribution is -0.115. The first-order valence-corrected chi connectivity index (χ1v) is 8.17. The van der Waals surface area contributed by atoms with Crippen LogP contribution in [0.2, 0.25) is 5.02 Å². The van der Waals surface area contributed by atoms with E-state index < -0.39 is 39.0 Å². The zero-order chi connectivity index (χ0) is 16.8. The zero-order valence-corrected chi connectivity index (χ0v) is 13.0. The lowest BCUT2D eigenvalue weighted by Crippen LogP contribution is -2.42. The molecule has 9 heteroatoms. The molecule has 23 heavy (non-hydrogen) atoms. The lowest BCUT2D eigenvalue weighted by atomic mass is 10.2. The Kier molecular flexibility index (Phi) is 3.73. The largest absolute Gasteiger partial charge is 0.323 e. The Morgan fingerprint density at radius 3 is 2.39 bits per heavy atom. The molecule has 0 aromatic heterocycles. The molecule has 5 nitrogen and oxygen atoms in total. The molecule has 1 amide bonds. The number of sulfonamides is 1. The van der Waals surface area contributed by atoms with Gasteiger partial charge in [0.25, 0.3) is 10.0 Å². The Balaban J connectivity index is 2.17. The normalized spacial score (nSPS) is 14.4. The fourth-order valence-electron chi connectivity index (χ4n) is 2.24. The maximum Gasteiger partial charge on any atom is 0.265 e. The Morgan fingerprint density at radius 1 is 1.09 bits per heavy atom. The van der Waals surface area contributed by atoms with Crippen molar-refractivity contribution in [3.05, 3.63) is 53.1 Å². The third-order valence-corrected chi connectivity index (χ3v) is 5.19. The highest BCUT2D eigenvalue weighted by Gasteiger charge is 2.33. The lowest BCUT2D eigenvalue weighted by Gasteiger charge is -2.30. The standard InChI is InChI=1S/C14H9ClF2N2O3S/c15-8-1-2-12-13(3-8)19(7-14(20)18-12)23(21,22)11-5-9(16)4-10(17)6-11/h1-6H,7H2,(H,18,20). The van der Waals surface area contributed by atoms with E-state index in [-0.39, 0.29) is 16.4 Å². The van der Waals surface area contributed by atoms with Crippen LogP contribution in [0.15, 0.2) is 41.3 Å². The van der Waals surface area contributed by atoms with Crippen LogP contribution in [0.25, 0.3) is 0 Å². The fourth-order valence-corrected chi connectivity index (χ4v) is 3.88. The fraction of sp³-hybridized carbons (Fsp3) is 0.0714. The number of anilines is 2. The number of carbonyl (C=O) groups excluding carboxylic acids is 1. The molecule has 2 aromatic carbocycles. The van der Waals surface area contributed by atoms with Crippen LogP contribution in [0.1, 0.15) is 0 Å². The number of benzene rings is 2. The minimum Gasteiger partial charge on any atom is -0.323 e. The summed E-state index contributed by atoms with van der Waals surface area (Å²) < 4.78 is 52.8. The molecule has 1 N–H and O–H groups in total. The van der Waals surface area contributed by atoms with Gasteiger partial charge in [-0.25, -0.2) is 17.2 Å². The van der Waals surface area contributed by atoms with Crippen molar-refractivity contribution < 1.29 is 22.0 Å². The average Bonchev–Trinajstić information content (AvgIpc) is 2.46. The third kappa shape index (κ3) is 2.87. The number of carbonyl (C=O) groups is 1. The predicted molar refractivity (Wildman–Crippen MR) is 81.0 cm³/mol. The van der Waals surface area contributed by atoms with E-state index >= 15 is 0 Å².